The van der Waals surface area contributed by atoms with Crippen molar-refractivity contribution in [2.45, 2.75) is 58.3 Å². The van der Waals surface area contributed by atoms with Crippen molar-refractivity contribution in [3.05, 3.63) is 72.0 Å². The SMILES string of the molecule is C/C1=C/[C@@H](C)C/C=C\[C@H]2[C@@H]3O[C@]3(C)[C@@H](C)[C@H]3[C@H](Cc4c[nH]c5ccccc45)NC(=O)[C@]32C(=O)/C=C\C(=O)C1=O. The molecule has 6 rings (SSSR count). The summed E-state index contributed by atoms with van der Waals surface area (Å²) in [5, 5.41) is 4.29. The molecule has 0 radical (unpaired) electrons. The van der Waals surface area contributed by atoms with Gasteiger partial charge in [-0.3, -0.25) is 19.2 Å². The maximum Gasteiger partial charge on any atom is 0.235 e. The monoisotopic (exact) mass is 526 g/mol. The number of carbonyl (C=O) groups excluding carboxylic acids is 4. The maximum absolute atomic E-state index is 14.2. The fourth-order valence-corrected chi connectivity index (χ4v) is 7.57. The highest BCUT2D eigenvalue weighted by molar-refractivity contribution is 6.47. The van der Waals surface area contributed by atoms with Gasteiger partial charge in [0.15, 0.2) is 5.78 Å². The van der Waals surface area contributed by atoms with Gasteiger partial charge in [0.2, 0.25) is 17.5 Å². The number of aromatic amines is 1. The molecule has 1 saturated carbocycles. The van der Waals surface area contributed by atoms with Crippen LogP contribution in [0.3, 0.4) is 0 Å². The Kier molecular flexibility index (Phi) is 5.92. The van der Waals surface area contributed by atoms with Crippen LogP contribution >= 0.6 is 0 Å². The third-order valence-electron chi connectivity index (χ3n) is 9.71. The predicted octanol–water partition coefficient (Wildman–Crippen LogP) is 4.04. The van der Waals surface area contributed by atoms with E-state index in [2.05, 4.69) is 30.2 Å². The first-order valence-electron chi connectivity index (χ1n) is 13.8. The van der Waals surface area contributed by atoms with E-state index in [9.17, 15) is 19.2 Å². The largest absolute Gasteiger partial charge is 0.365 e. The van der Waals surface area contributed by atoms with E-state index >= 15 is 0 Å². The van der Waals surface area contributed by atoms with E-state index in [1.165, 1.54) is 0 Å². The van der Waals surface area contributed by atoms with Gasteiger partial charge in [0.25, 0.3) is 0 Å². The van der Waals surface area contributed by atoms with Gasteiger partial charge in [-0.25, -0.2) is 0 Å². The maximum atomic E-state index is 14.2. The van der Waals surface area contributed by atoms with E-state index in [4.69, 9.17) is 4.74 Å². The van der Waals surface area contributed by atoms with E-state index in [-0.39, 0.29) is 35.8 Å². The Morgan fingerprint density at radius 2 is 1.85 bits per heavy atom. The first-order valence-corrected chi connectivity index (χ1v) is 13.8. The molecule has 1 spiro atoms. The highest BCUT2D eigenvalue weighted by Crippen LogP contribution is 2.66. The number of Topliss-reactive ketones (excluding diaryl/α,β-unsaturated/α-hetero) is 1. The van der Waals surface area contributed by atoms with Crippen LogP contribution in [0, 0.1) is 29.1 Å². The number of hydrogen-bond donors (Lipinski definition) is 2. The van der Waals surface area contributed by atoms with Crippen LogP contribution in [-0.4, -0.2) is 46.0 Å². The molecule has 0 unspecified atom stereocenters. The lowest BCUT2D eigenvalue weighted by Gasteiger charge is -2.45. The summed E-state index contributed by atoms with van der Waals surface area (Å²) < 4.78 is 6.31. The Morgan fingerprint density at radius 3 is 2.64 bits per heavy atom. The zero-order valence-electron chi connectivity index (χ0n) is 22.7. The average molecular weight is 527 g/mol. The molecule has 2 aliphatic heterocycles. The van der Waals surface area contributed by atoms with Crippen molar-refractivity contribution >= 4 is 34.2 Å². The Bertz CT molecular complexity index is 1500. The number of para-hydroxylation sites is 1. The lowest BCUT2D eigenvalue weighted by Crippen LogP contribution is -2.58. The number of epoxide rings is 1. The van der Waals surface area contributed by atoms with Gasteiger partial charge >= 0.3 is 0 Å². The van der Waals surface area contributed by atoms with Gasteiger partial charge in [0.1, 0.15) is 5.41 Å². The van der Waals surface area contributed by atoms with Gasteiger partial charge in [0, 0.05) is 35.0 Å². The molecule has 39 heavy (non-hydrogen) atoms. The Hall–Kier alpha value is -3.58. The van der Waals surface area contributed by atoms with Crippen LogP contribution in [0.15, 0.2) is 66.4 Å². The Morgan fingerprint density at radius 1 is 1.08 bits per heavy atom. The molecule has 7 nitrogen and oxygen atoms in total. The molecule has 2 N–H and O–H groups in total. The summed E-state index contributed by atoms with van der Waals surface area (Å²) in [6.45, 7) is 7.74. The van der Waals surface area contributed by atoms with E-state index in [1.54, 1.807) is 13.0 Å². The van der Waals surface area contributed by atoms with Crippen LogP contribution in [0.2, 0.25) is 0 Å². The Balaban J connectivity index is 1.47. The number of ketones is 3. The van der Waals surface area contributed by atoms with Crippen LogP contribution in [0.5, 0.6) is 0 Å². The summed E-state index contributed by atoms with van der Waals surface area (Å²) in [4.78, 5) is 57.0. The second kappa shape index (κ2) is 8.98. The number of ether oxygens (including phenoxy) is 1. The summed E-state index contributed by atoms with van der Waals surface area (Å²) in [6, 6.07) is 7.72. The molecule has 2 aliphatic carbocycles. The highest BCUT2D eigenvalue weighted by atomic mass is 16.6. The number of amides is 1. The molecule has 0 bridgehead atoms. The van der Waals surface area contributed by atoms with Gasteiger partial charge in [0.05, 0.1) is 11.7 Å². The average Bonchev–Trinajstić information content (AvgIpc) is 3.31. The van der Waals surface area contributed by atoms with Crippen molar-refractivity contribution in [1.82, 2.24) is 10.3 Å². The predicted molar refractivity (Wildman–Crippen MR) is 147 cm³/mol. The standard InChI is InChI=1S/C32H34N2O5/c1-17-8-7-10-22-29-31(4,39-29)19(3)27-24(15-20-16-33-23-11-6-5-9-21(20)23)34-30(38)32(22,27)26(36)13-12-25(35)28(37)18(2)14-17/h5-7,9-14,16-17,19,22,24,27,29,33H,8,15H2,1-4H3,(H,34,38)/b10-7-,13-12-,18-14-/t17-,19-,22-,24-,27-,29-,31+,32+/m0/s1. The molecule has 1 amide bonds. The van der Waals surface area contributed by atoms with Gasteiger partial charge in [-0.1, -0.05) is 50.3 Å². The van der Waals surface area contributed by atoms with E-state index < -0.39 is 34.3 Å². The number of rotatable bonds is 2. The highest BCUT2D eigenvalue weighted by Gasteiger charge is 2.78. The zero-order chi connectivity index (χ0) is 27.7. The topological polar surface area (TPSA) is 109 Å². The van der Waals surface area contributed by atoms with E-state index in [0.717, 1.165) is 28.6 Å². The normalized spacial score (nSPS) is 41.2. The quantitative estimate of drug-likeness (QED) is 0.266. The van der Waals surface area contributed by atoms with Crippen molar-refractivity contribution in [2.24, 2.45) is 29.1 Å². The number of allylic oxidation sites excluding steroid dienone is 5. The molecule has 2 aromatic rings. The van der Waals surface area contributed by atoms with Crippen LogP contribution in [-0.2, 0) is 30.3 Å². The van der Waals surface area contributed by atoms with Gasteiger partial charge in [-0.2, -0.15) is 0 Å². The van der Waals surface area contributed by atoms with Gasteiger partial charge in [-0.05, 0) is 67.9 Å². The summed E-state index contributed by atoms with van der Waals surface area (Å²) in [5.74, 6) is -3.13. The fourth-order valence-electron chi connectivity index (χ4n) is 7.57. The lowest BCUT2D eigenvalue weighted by atomic mass is 9.51. The third-order valence-corrected chi connectivity index (χ3v) is 9.71. The third kappa shape index (κ3) is 3.73. The fraction of sp³-hybridized carbons (Fsp3) is 0.438. The minimum absolute atomic E-state index is 0.00576. The molecule has 3 heterocycles. The van der Waals surface area contributed by atoms with Crippen LogP contribution in [0.4, 0.5) is 0 Å². The number of nitrogens with one attached hydrogen (secondary N) is 2. The van der Waals surface area contributed by atoms with Crippen LogP contribution in [0.25, 0.3) is 10.9 Å². The second-order valence-electron chi connectivity index (χ2n) is 12.0. The number of benzene rings is 1. The van der Waals surface area contributed by atoms with Gasteiger partial charge in [-0.15, -0.1) is 0 Å². The van der Waals surface area contributed by atoms with Gasteiger partial charge < -0.3 is 15.0 Å². The number of hydrogen-bond acceptors (Lipinski definition) is 5. The number of H-pyrrole nitrogens is 1. The molecule has 1 aromatic carbocycles. The summed E-state index contributed by atoms with van der Waals surface area (Å²) in [7, 11) is 0. The molecular weight excluding hydrogens is 492 g/mol. The molecule has 8 atom stereocenters. The first-order chi connectivity index (χ1) is 18.6. The molecule has 3 fully saturated rings. The lowest BCUT2D eigenvalue weighted by molar-refractivity contribution is -0.145. The number of aromatic nitrogens is 1. The van der Waals surface area contributed by atoms with E-state index in [1.807, 2.05) is 43.5 Å². The summed E-state index contributed by atoms with van der Waals surface area (Å²) in [6.07, 6.45) is 10.8. The smallest absolute Gasteiger partial charge is 0.235 e. The number of fused-ring (bicyclic) bond motifs is 3. The summed E-state index contributed by atoms with van der Waals surface area (Å²) >= 11 is 0. The first kappa shape index (κ1) is 25.7. The summed E-state index contributed by atoms with van der Waals surface area (Å²) in [5.41, 5.74) is 0.547. The van der Waals surface area contributed by atoms with Crippen molar-refractivity contribution in [3.63, 3.8) is 0 Å². The van der Waals surface area contributed by atoms with Crippen molar-refractivity contribution in [2.75, 3.05) is 0 Å². The van der Waals surface area contributed by atoms with Crippen molar-refractivity contribution in [3.8, 4) is 0 Å². The molecule has 7 heteroatoms. The van der Waals surface area contributed by atoms with Crippen molar-refractivity contribution in [1.29, 1.82) is 0 Å². The molecular formula is C32H34N2O5. The molecule has 2 saturated heterocycles. The molecule has 1 aromatic heterocycles. The van der Waals surface area contributed by atoms with E-state index in [0.29, 0.717) is 18.4 Å². The number of carbonyl (C=O) groups is 4. The van der Waals surface area contributed by atoms with Crippen LogP contribution in [0.1, 0.15) is 39.7 Å². The molecule has 4 aliphatic rings. The Labute approximate surface area is 227 Å². The van der Waals surface area contributed by atoms with Crippen LogP contribution < -0.4 is 5.32 Å². The minimum Gasteiger partial charge on any atom is -0.365 e. The van der Waals surface area contributed by atoms with Crippen molar-refractivity contribution < 1.29 is 23.9 Å². The molecule has 202 valence electrons. The minimum atomic E-state index is -1.44. The second-order valence-corrected chi connectivity index (χ2v) is 12.0. The zero-order valence-corrected chi connectivity index (χ0v) is 22.7.